The van der Waals surface area contributed by atoms with Crippen LogP contribution in [0.5, 0.6) is 0 Å². The van der Waals surface area contributed by atoms with Crippen molar-refractivity contribution >= 4 is 0 Å². The molecule has 2 rings (SSSR count). The molecule has 0 aliphatic heterocycles. The molecular weight excluding hydrogens is 204 g/mol. The monoisotopic (exact) mass is 226 g/mol. The van der Waals surface area contributed by atoms with Crippen molar-refractivity contribution in [1.82, 2.24) is 0 Å². The lowest BCUT2D eigenvalue weighted by Gasteiger charge is -2.37. The highest BCUT2D eigenvalue weighted by atomic mass is 14.4. The summed E-state index contributed by atoms with van der Waals surface area (Å²) in [6.45, 7) is 6.97. The van der Waals surface area contributed by atoms with Gasteiger partial charge in [0.15, 0.2) is 0 Å². The minimum absolute atomic E-state index is 0.153. The molecule has 0 heteroatoms. The predicted molar refractivity (Wildman–Crippen MR) is 75.1 cm³/mol. The zero-order chi connectivity index (χ0) is 12.3. The minimum atomic E-state index is 0.153. The molecule has 0 saturated heterocycles. The third-order valence-corrected chi connectivity index (χ3v) is 4.14. The predicted octanol–water partition coefficient (Wildman–Crippen LogP) is 4.88. The van der Waals surface area contributed by atoms with E-state index in [1.54, 1.807) is 5.57 Å². The molecular formula is C17H22. The van der Waals surface area contributed by atoms with Gasteiger partial charge in [0, 0.05) is 5.41 Å². The Morgan fingerprint density at radius 3 is 2.53 bits per heavy atom. The van der Waals surface area contributed by atoms with E-state index in [9.17, 15) is 0 Å². The molecule has 1 aliphatic carbocycles. The number of hydrogen-bond donors (Lipinski definition) is 0. The summed E-state index contributed by atoms with van der Waals surface area (Å²) >= 11 is 0. The van der Waals surface area contributed by atoms with E-state index in [-0.39, 0.29) is 5.41 Å². The summed E-state index contributed by atoms with van der Waals surface area (Å²) in [6, 6.07) is 10.9. The maximum absolute atomic E-state index is 2.36. The molecule has 0 heterocycles. The van der Waals surface area contributed by atoms with E-state index >= 15 is 0 Å². The lowest BCUT2D eigenvalue weighted by molar-refractivity contribution is 0.424. The Bertz CT molecular complexity index is 425. The number of benzene rings is 1. The average molecular weight is 226 g/mol. The second-order valence-corrected chi connectivity index (χ2v) is 5.22. The Morgan fingerprint density at radius 1 is 1.18 bits per heavy atom. The molecule has 0 radical (unpaired) electrons. The van der Waals surface area contributed by atoms with E-state index < -0.39 is 0 Å². The molecule has 0 bridgehead atoms. The Labute approximate surface area is 105 Å². The van der Waals surface area contributed by atoms with Crippen LogP contribution in [0, 0.1) is 5.92 Å². The molecule has 0 N–H and O–H groups in total. The standard InChI is InChI=1S/C17H22/c1-4-9-15-10-8-13-17(3,14(15)2)16-11-6-5-7-12-16/h5-8,10-14H,4,9H2,1-3H3. The quantitative estimate of drug-likeness (QED) is 0.689. The van der Waals surface area contributed by atoms with Gasteiger partial charge in [0.05, 0.1) is 0 Å². The van der Waals surface area contributed by atoms with Crippen LogP contribution < -0.4 is 0 Å². The van der Waals surface area contributed by atoms with Crippen molar-refractivity contribution < 1.29 is 0 Å². The summed E-state index contributed by atoms with van der Waals surface area (Å²) in [6.07, 6.45) is 9.34. The zero-order valence-corrected chi connectivity index (χ0v) is 11.1. The smallest absolute Gasteiger partial charge is 0.0169 e. The zero-order valence-electron chi connectivity index (χ0n) is 11.1. The van der Waals surface area contributed by atoms with E-state index in [1.165, 1.54) is 18.4 Å². The normalized spacial score (nSPS) is 27.9. The van der Waals surface area contributed by atoms with E-state index in [0.717, 1.165) is 0 Å². The van der Waals surface area contributed by atoms with Crippen LogP contribution in [-0.4, -0.2) is 0 Å². The summed E-state index contributed by atoms with van der Waals surface area (Å²) in [5.41, 5.74) is 3.16. The number of allylic oxidation sites excluding steroid dienone is 4. The number of hydrogen-bond acceptors (Lipinski definition) is 0. The second-order valence-electron chi connectivity index (χ2n) is 5.22. The maximum atomic E-state index is 2.36. The van der Waals surface area contributed by atoms with E-state index in [1.807, 2.05) is 0 Å². The molecule has 0 saturated carbocycles. The van der Waals surface area contributed by atoms with Crippen LogP contribution in [-0.2, 0) is 5.41 Å². The van der Waals surface area contributed by atoms with Crippen molar-refractivity contribution in [3.8, 4) is 0 Å². The van der Waals surface area contributed by atoms with Crippen LogP contribution >= 0.6 is 0 Å². The first-order valence-electron chi connectivity index (χ1n) is 6.62. The van der Waals surface area contributed by atoms with E-state index in [4.69, 9.17) is 0 Å². The van der Waals surface area contributed by atoms with Crippen LogP contribution in [0.4, 0.5) is 0 Å². The van der Waals surface area contributed by atoms with Gasteiger partial charge in [-0.15, -0.1) is 0 Å². The molecule has 2 unspecified atom stereocenters. The highest BCUT2D eigenvalue weighted by molar-refractivity contribution is 5.39. The van der Waals surface area contributed by atoms with Gasteiger partial charge >= 0.3 is 0 Å². The van der Waals surface area contributed by atoms with Gasteiger partial charge in [-0.25, -0.2) is 0 Å². The van der Waals surface area contributed by atoms with Gasteiger partial charge in [-0.1, -0.05) is 81.3 Å². The Kier molecular flexibility index (Phi) is 3.51. The maximum Gasteiger partial charge on any atom is 0.0169 e. The Hall–Kier alpha value is -1.30. The van der Waals surface area contributed by atoms with Crippen molar-refractivity contribution in [2.24, 2.45) is 5.92 Å². The van der Waals surface area contributed by atoms with Crippen LogP contribution in [0.15, 0.2) is 54.1 Å². The summed E-state index contributed by atoms with van der Waals surface area (Å²) in [5.74, 6) is 0.592. The van der Waals surface area contributed by atoms with Gasteiger partial charge in [0.1, 0.15) is 0 Å². The van der Waals surface area contributed by atoms with Crippen LogP contribution in [0.1, 0.15) is 39.2 Å². The second kappa shape index (κ2) is 4.91. The molecule has 0 amide bonds. The first-order chi connectivity index (χ1) is 8.18. The van der Waals surface area contributed by atoms with E-state index in [2.05, 4.69) is 69.3 Å². The highest BCUT2D eigenvalue weighted by Gasteiger charge is 2.33. The third-order valence-electron chi connectivity index (χ3n) is 4.14. The van der Waals surface area contributed by atoms with Crippen LogP contribution in [0.2, 0.25) is 0 Å². The van der Waals surface area contributed by atoms with Crippen molar-refractivity contribution in [3.05, 3.63) is 59.7 Å². The fourth-order valence-corrected chi connectivity index (χ4v) is 2.78. The first kappa shape index (κ1) is 12.2. The van der Waals surface area contributed by atoms with Gasteiger partial charge in [-0.2, -0.15) is 0 Å². The van der Waals surface area contributed by atoms with Crippen molar-refractivity contribution in [3.63, 3.8) is 0 Å². The fraction of sp³-hybridized carbons (Fsp3) is 0.412. The SMILES string of the molecule is CCCC1=CC=CC(C)(c2ccccc2)C1C. The van der Waals surface area contributed by atoms with Gasteiger partial charge in [0.2, 0.25) is 0 Å². The van der Waals surface area contributed by atoms with Gasteiger partial charge < -0.3 is 0 Å². The van der Waals surface area contributed by atoms with E-state index in [0.29, 0.717) is 5.92 Å². The Balaban J connectivity index is 2.34. The number of rotatable bonds is 3. The molecule has 0 nitrogen and oxygen atoms in total. The summed E-state index contributed by atoms with van der Waals surface area (Å²) < 4.78 is 0. The van der Waals surface area contributed by atoms with Crippen LogP contribution in [0.3, 0.4) is 0 Å². The lowest BCUT2D eigenvalue weighted by Crippen LogP contribution is -2.31. The first-order valence-corrected chi connectivity index (χ1v) is 6.62. The summed E-state index contributed by atoms with van der Waals surface area (Å²) in [4.78, 5) is 0. The molecule has 0 spiro atoms. The Morgan fingerprint density at radius 2 is 1.88 bits per heavy atom. The van der Waals surface area contributed by atoms with Gasteiger partial charge in [-0.05, 0) is 17.9 Å². The minimum Gasteiger partial charge on any atom is -0.0736 e. The fourth-order valence-electron chi connectivity index (χ4n) is 2.78. The molecule has 0 aromatic heterocycles. The molecule has 2 atom stereocenters. The van der Waals surface area contributed by atoms with Crippen molar-refractivity contribution in [1.29, 1.82) is 0 Å². The highest BCUT2D eigenvalue weighted by Crippen LogP contribution is 2.41. The molecule has 1 aromatic rings. The van der Waals surface area contributed by atoms with Gasteiger partial charge in [0.25, 0.3) is 0 Å². The lowest BCUT2D eigenvalue weighted by atomic mass is 9.66. The molecule has 1 aromatic carbocycles. The topological polar surface area (TPSA) is 0 Å². The molecule has 17 heavy (non-hydrogen) atoms. The van der Waals surface area contributed by atoms with Gasteiger partial charge in [-0.3, -0.25) is 0 Å². The largest absolute Gasteiger partial charge is 0.0736 e. The summed E-state index contributed by atoms with van der Waals surface area (Å²) in [7, 11) is 0. The molecule has 0 fully saturated rings. The third kappa shape index (κ3) is 2.22. The van der Waals surface area contributed by atoms with Crippen molar-refractivity contribution in [2.75, 3.05) is 0 Å². The van der Waals surface area contributed by atoms with Crippen LogP contribution in [0.25, 0.3) is 0 Å². The summed E-state index contributed by atoms with van der Waals surface area (Å²) in [5, 5.41) is 0. The van der Waals surface area contributed by atoms with Crippen molar-refractivity contribution in [2.45, 2.75) is 39.0 Å². The average Bonchev–Trinajstić information content (AvgIpc) is 2.36. The molecule has 90 valence electrons. The molecule has 1 aliphatic rings.